The van der Waals surface area contributed by atoms with Crippen LogP contribution in [-0.4, -0.2) is 34.0 Å². The Balaban J connectivity index is 3.04. The van der Waals surface area contributed by atoms with Crippen LogP contribution in [-0.2, 0) is 24.4 Å². The number of carbonyl (C=O) groups is 2. The molecular weight excluding hydrogens is 296 g/mol. The van der Waals surface area contributed by atoms with Crippen LogP contribution in [0.2, 0.25) is 0 Å². The van der Waals surface area contributed by atoms with Gasteiger partial charge in [-0.15, -0.1) is 11.3 Å². The van der Waals surface area contributed by atoms with E-state index in [0.29, 0.717) is 5.56 Å². The second kappa shape index (κ2) is 6.10. The standard InChI is InChI=1S/C9H12N2O6S2/c1-5-4-18-7(9(13)16-2)8(5)19(14,15)11-17-3-6(10)12/h4,11H,3H2,1-2H3,(H2,10,12). The van der Waals surface area contributed by atoms with Gasteiger partial charge < -0.3 is 10.5 Å². The molecule has 3 N–H and O–H groups in total. The van der Waals surface area contributed by atoms with Crippen molar-refractivity contribution in [3.8, 4) is 0 Å². The maximum Gasteiger partial charge on any atom is 0.349 e. The molecule has 0 aliphatic carbocycles. The number of primary amides is 1. The average molecular weight is 308 g/mol. The third-order valence-corrected chi connectivity index (χ3v) is 4.55. The number of thiophene rings is 1. The molecule has 19 heavy (non-hydrogen) atoms. The Hall–Kier alpha value is -1.49. The van der Waals surface area contributed by atoms with Crippen molar-refractivity contribution in [1.82, 2.24) is 4.89 Å². The van der Waals surface area contributed by atoms with Crippen molar-refractivity contribution in [3.63, 3.8) is 0 Å². The van der Waals surface area contributed by atoms with Gasteiger partial charge in [0.15, 0.2) is 0 Å². The zero-order valence-electron chi connectivity index (χ0n) is 10.1. The van der Waals surface area contributed by atoms with Gasteiger partial charge in [0.05, 0.1) is 7.11 Å². The van der Waals surface area contributed by atoms with Crippen LogP contribution in [0.25, 0.3) is 0 Å². The normalized spacial score (nSPS) is 11.3. The van der Waals surface area contributed by atoms with E-state index in [1.54, 1.807) is 4.89 Å². The van der Waals surface area contributed by atoms with Crippen molar-refractivity contribution in [2.75, 3.05) is 13.7 Å². The first-order chi connectivity index (χ1) is 8.79. The fourth-order valence-electron chi connectivity index (χ4n) is 1.22. The van der Waals surface area contributed by atoms with Crippen LogP contribution in [0.15, 0.2) is 10.3 Å². The molecule has 8 nitrogen and oxygen atoms in total. The molecule has 0 fully saturated rings. The molecule has 0 spiro atoms. The van der Waals surface area contributed by atoms with E-state index in [9.17, 15) is 18.0 Å². The van der Waals surface area contributed by atoms with Gasteiger partial charge in [-0.05, 0) is 17.9 Å². The molecule has 1 rings (SSSR count). The van der Waals surface area contributed by atoms with Crippen LogP contribution in [0.3, 0.4) is 0 Å². The first-order valence-corrected chi connectivity index (χ1v) is 7.24. The van der Waals surface area contributed by atoms with Crippen LogP contribution in [0, 0.1) is 6.92 Å². The number of rotatable bonds is 6. The Morgan fingerprint density at radius 2 is 2.11 bits per heavy atom. The SMILES string of the molecule is COC(=O)c1scc(C)c1S(=O)(=O)NOCC(N)=O. The first-order valence-electron chi connectivity index (χ1n) is 4.88. The van der Waals surface area contributed by atoms with Gasteiger partial charge in [0, 0.05) is 0 Å². The molecule has 0 bridgehead atoms. The number of hydrogen-bond acceptors (Lipinski definition) is 7. The summed E-state index contributed by atoms with van der Waals surface area (Å²) in [5.41, 5.74) is 5.16. The Bertz CT molecular complexity index is 592. The molecule has 0 unspecified atom stereocenters. The summed E-state index contributed by atoms with van der Waals surface area (Å²) in [7, 11) is -2.96. The number of esters is 1. The van der Waals surface area contributed by atoms with Gasteiger partial charge in [-0.1, -0.05) is 4.89 Å². The minimum atomic E-state index is -4.10. The van der Waals surface area contributed by atoms with Gasteiger partial charge in [0.25, 0.3) is 10.0 Å². The van der Waals surface area contributed by atoms with E-state index < -0.39 is 28.5 Å². The van der Waals surface area contributed by atoms with E-state index in [2.05, 4.69) is 9.57 Å². The number of hydrogen-bond donors (Lipinski definition) is 2. The van der Waals surface area contributed by atoms with Crippen molar-refractivity contribution in [2.45, 2.75) is 11.8 Å². The largest absolute Gasteiger partial charge is 0.465 e. The number of carbonyl (C=O) groups excluding carboxylic acids is 2. The van der Waals surface area contributed by atoms with Gasteiger partial charge in [-0.2, -0.15) is 0 Å². The topological polar surface area (TPSA) is 125 Å². The second-order valence-electron chi connectivity index (χ2n) is 3.41. The highest BCUT2D eigenvalue weighted by atomic mass is 32.2. The van der Waals surface area contributed by atoms with Gasteiger partial charge >= 0.3 is 5.97 Å². The molecule has 0 aromatic carbocycles. The van der Waals surface area contributed by atoms with Crippen molar-refractivity contribution < 1.29 is 27.6 Å². The average Bonchev–Trinajstić information content (AvgIpc) is 2.70. The first kappa shape index (κ1) is 15.6. The summed E-state index contributed by atoms with van der Waals surface area (Å²) in [5, 5.41) is 1.49. The lowest BCUT2D eigenvalue weighted by Crippen LogP contribution is -2.30. The molecule has 0 radical (unpaired) electrons. The highest BCUT2D eigenvalue weighted by Gasteiger charge is 2.27. The van der Waals surface area contributed by atoms with Crippen LogP contribution in [0.4, 0.5) is 0 Å². The molecule has 1 aromatic rings. The third kappa shape index (κ3) is 3.73. The minimum Gasteiger partial charge on any atom is -0.465 e. The monoisotopic (exact) mass is 308 g/mol. The highest BCUT2D eigenvalue weighted by Crippen LogP contribution is 2.27. The molecule has 0 saturated carbocycles. The Morgan fingerprint density at radius 3 is 2.63 bits per heavy atom. The summed E-state index contributed by atoms with van der Waals surface area (Å²) in [6, 6.07) is 0. The summed E-state index contributed by atoms with van der Waals surface area (Å²) in [5.74, 6) is -1.61. The van der Waals surface area contributed by atoms with Crippen LogP contribution < -0.4 is 10.6 Å². The lowest BCUT2D eigenvalue weighted by atomic mass is 10.3. The number of methoxy groups -OCH3 is 1. The van der Waals surface area contributed by atoms with Crippen molar-refractivity contribution in [3.05, 3.63) is 15.8 Å². The molecule has 1 amide bonds. The van der Waals surface area contributed by atoms with E-state index in [4.69, 9.17) is 5.73 Å². The summed E-state index contributed by atoms with van der Waals surface area (Å²) in [6.45, 7) is 0.904. The summed E-state index contributed by atoms with van der Waals surface area (Å²) in [6.07, 6.45) is 0. The lowest BCUT2D eigenvalue weighted by molar-refractivity contribution is -0.123. The number of amides is 1. The fraction of sp³-hybridized carbons (Fsp3) is 0.333. The number of ether oxygens (including phenoxy) is 1. The predicted octanol–water partition coefficient (Wildman–Crippen LogP) is -0.462. The van der Waals surface area contributed by atoms with E-state index in [-0.39, 0.29) is 9.77 Å². The summed E-state index contributed by atoms with van der Waals surface area (Å²) >= 11 is 0.935. The fourth-order valence-corrected chi connectivity index (χ4v) is 3.74. The molecule has 10 heteroatoms. The van der Waals surface area contributed by atoms with E-state index >= 15 is 0 Å². The highest BCUT2D eigenvalue weighted by molar-refractivity contribution is 7.89. The van der Waals surface area contributed by atoms with Crippen molar-refractivity contribution >= 4 is 33.2 Å². The van der Waals surface area contributed by atoms with E-state index in [1.165, 1.54) is 12.3 Å². The molecule has 1 heterocycles. The zero-order chi connectivity index (χ0) is 14.6. The number of aryl methyl sites for hydroxylation is 1. The molecule has 106 valence electrons. The van der Waals surface area contributed by atoms with Crippen LogP contribution >= 0.6 is 11.3 Å². The third-order valence-electron chi connectivity index (χ3n) is 1.94. The number of nitrogens with two attached hydrogens (primary N) is 1. The Labute approximate surface area is 113 Å². The van der Waals surface area contributed by atoms with Gasteiger partial charge in [0.1, 0.15) is 16.4 Å². The molecule has 0 saturated heterocycles. The Morgan fingerprint density at radius 1 is 1.47 bits per heavy atom. The smallest absolute Gasteiger partial charge is 0.349 e. The second-order valence-corrected chi connectivity index (χ2v) is 5.87. The Kier molecular flexibility index (Phi) is 5.00. The zero-order valence-corrected chi connectivity index (χ0v) is 11.8. The quantitative estimate of drug-likeness (QED) is 0.541. The maximum atomic E-state index is 11.9. The number of sulfonamides is 1. The van der Waals surface area contributed by atoms with E-state index in [1.807, 2.05) is 0 Å². The predicted molar refractivity (Wildman–Crippen MR) is 65.9 cm³/mol. The molecular formula is C9H12N2O6S2. The van der Waals surface area contributed by atoms with Crippen LogP contribution in [0.5, 0.6) is 0 Å². The summed E-state index contributed by atoms with van der Waals surface area (Å²) in [4.78, 5) is 27.8. The maximum absolute atomic E-state index is 11.9. The minimum absolute atomic E-state index is 0.0739. The van der Waals surface area contributed by atoms with Crippen LogP contribution in [0.1, 0.15) is 15.2 Å². The van der Waals surface area contributed by atoms with Gasteiger partial charge in [-0.25, -0.2) is 13.2 Å². The van der Waals surface area contributed by atoms with E-state index in [0.717, 1.165) is 18.4 Å². The molecule has 0 aliphatic rings. The molecule has 0 atom stereocenters. The van der Waals surface area contributed by atoms with Gasteiger partial charge in [0.2, 0.25) is 5.91 Å². The van der Waals surface area contributed by atoms with Crippen molar-refractivity contribution in [2.24, 2.45) is 5.73 Å². The number of nitrogens with one attached hydrogen (secondary N) is 1. The molecule has 0 aliphatic heterocycles. The van der Waals surface area contributed by atoms with Gasteiger partial charge in [-0.3, -0.25) is 9.63 Å². The summed E-state index contributed by atoms with van der Waals surface area (Å²) < 4.78 is 28.4. The molecule has 1 aromatic heterocycles. The van der Waals surface area contributed by atoms with Crippen molar-refractivity contribution in [1.29, 1.82) is 0 Å². The lowest BCUT2D eigenvalue weighted by Gasteiger charge is -2.07.